The van der Waals surface area contributed by atoms with Crippen molar-refractivity contribution in [2.75, 3.05) is 5.32 Å². The standard InChI is InChI=1S/C16H21NO3S/c1-8-9(2)21-15(14(8)16(19)20)17-13(18)7-12-6-10-3-4-11(12)5-10/h10-12H,3-7H2,1-2H3,(H,17,18)(H,19,20). The third-order valence-electron chi connectivity index (χ3n) is 5.18. The Hall–Kier alpha value is -1.36. The van der Waals surface area contributed by atoms with E-state index in [1.807, 2.05) is 6.92 Å². The van der Waals surface area contributed by atoms with E-state index in [2.05, 4.69) is 5.32 Å². The molecule has 0 aliphatic heterocycles. The summed E-state index contributed by atoms with van der Waals surface area (Å²) in [5, 5.41) is 12.6. The zero-order valence-electron chi connectivity index (χ0n) is 12.4. The molecule has 0 radical (unpaired) electrons. The Morgan fingerprint density at radius 3 is 2.62 bits per heavy atom. The molecule has 1 aromatic rings. The average Bonchev–Trinajstić information content (AvgIpc) is 3.05. The second-order valence-electron chi connectivity index (χ2n) is 6.48. The summed E-state index contributed by atoms with van der Waals surface area (Å²) in [6.07, 6.45) is 5.59. The largest absolute Gasteiger partial charge is 0.478 e. The molecule has 114 valence electrons. The molecular weight excluding hydrogens is 286 g/mol. The number of aromatic carboxylic acids is 1. The topological polar surface area (TPSA) is 66.4 Å². The van der Waals surface area contributed by atoms with Gasteiger partial charge in [-0.25, -0.2) is 4.79 Å². The van der Waals surface area contributed by atoms with Crippen LogP contribution < -0.4 is 5.32 Å². The maximum atomic E-state index is 12.2. The molecule has 1 aromatic heterocycles. The van der Waals surface area contributed by atoms with Crippen LogP contribution in [0.5, 0.6) is 0 Å². The van der Waals surface area contributed by atoms with E-state index < -0.39 is 5.97 Å². The van der Waals surface area contributed by atoms with Gasteiger partial charge in [-0.1, -0.05) is 6.42 Å². The fourth-order valence-corrected chi connectivity index (χ4v) is 5.08. The van der Waals surface area contributed by atoms with E-state index in [1.165, 1.54) is 37.0 Å². The highest BCUT2D eigenvalue weighted by Gasteiger charge is 2.40. The zero-order chi connectivity index (χ0) is 15.1. The number of carboxylic acids is 1. The average molecular weight is 307 g/mol. The fourth-order valence-electron chi connectivity index (χ4n) is 4.01. The van der Waals surface area contributed by atoms with Gasteiger partial charge in [0.25, 0.3) is 0 Å². The molecule has 2 saturated carbocycles. The Balaban J connectivity index is 1.68. The van der Waals surface area contributed by atoms with E-state index in [-0.39, 0.29) is 11.5 Å². The van der Waals surface area contributed by atoms with Crippen LogP contribution in [0.3, 0.4) is 0 Å². The van der Waals surface area contributed by atoms with Gasteiger partial charge in [-0.05, 0) is 56.4 Å². The van der Waals surface area contributed by atoms with Gasteiger partial charge in [-0.15, -0.1) is 11.3 Å². The third-order valence-corrected chi connectivity index (χ3v) is 6.31. The van der Waals surface area contributed by atoms with E-state index in [1.54, 1.807) is 6.92 Å². The summed E-state index contributed by atoms with van der Waals surface area (Å²) in [7, 11) is 0. The Morgan fingerprint density at radius 1 is 1.29 bits per heavy atom. The first-order valence-corrected chi connectivity index (χ1v) is 8.40. The van der Waals surface area contributed by atoms with E-state index in [4.69, 9.17) is 0 Å². The normalized spacial score (nSPS) is 27.0. The summed E-state index contributed by atoms with van der Waals surface area (Å²) >= 11 is 1.36. The van der Waals surface area contributed by atoms with Crippen molar-refractivity contribution >= 4 is 28.2 Å². The van der Waals surface area contributed by atoms with Gasteiger partial charge >= 0.3 is 5.97 Å². The van der Waals surface area contributed by atoms with Gasteiger partial charge in [0.2, 0.25) is 5.91 Å². The van der Waals surface area contributed by atoms with Crippen LogP contribution in [0.15, 0.2) is 0 Å². The second-order valence-corrected chi connectivity index (χ2v) is 7.70. The van der Waals surface area contributed by atoms with Crippen LogP contribution in [0, 0.1) is 31.6 Å². The molecule has 2 aliphatic carbocycles. The van der Waals surface area contributed by atoms with Crippen LogP contribution in [0.2, 0.25) is 0 Å². The van der Waals surface area contributed by atoms with Crippen molar-refractivity contribution in [2.24, 2.45) is 17.8 Å². The number of carbonyl (C=O) groups excluding carboxylic acids is 1. The molecule has 3 rings (SSSR count). The first-order chi connectivity index (χ1) is 9.95. The number of thiophene rings is 1. The van der Waals surface area contributed by atoms with Crippen LogP contribution in [0.25, 0.3) is 0 Å². The number of carbonyl (C=O) groups is 2. The maximum Gasteiger partial charge on any atom is 0.338 e. The Morgan fingerprint density at radius 2 is 2.05 bits per heavy atom. The first kappa shape index (κ1) is 14.6. The molecule has 5 heteroatoms. The summed E-state index contributed by atoms with van der Waals surface area (Å²) in [6, 6.07) is 0. The zero-order valence-corrected chi connectivity index (χ0v) is 13.3. The van der Waals surface area contributed by atoms with E-state index in [9.17, 15) is 14.7 Å². The smallest absolute Gasteiger partial charge is 0.338 e. The van der Waals surface area contributed by atoms with Crippen molar-refractivity contribution < 1.29 is 14.7 Å². The summed E-state index contributed by atoms with van der Waals surface area (Å²) in [5.74, 6) is 1.04. The molecule has 21 heavy (non-hydrogen) atoms. The summed E-state index contributed by atoms with van der Waals surface area (Å²) in [6.45, 7) is 3.68. The van der Waals surface area contributed by atoms with Gasteiger partial charge in [-0.3, -0.25) is 4.79 Å². The molecule has 1 amide bonds. The van der Waals surface area contributed by atoms with Crippen molar-refractivity contribution in [3.63, 3.8) is 0 Å². The minimum Gasteiger partial charge on any atom is -0.478 e. The van der Waals surface area contributed by atoms with E-state index in [0.29, 0.717) is 23.3 Å². The van der Waals surface area contributed by atoms with E-state index >= 15 is 0 Å². The van der Waals surface area contributed by atoms with Crippen molar-refractivity contribution in [2.45, 2.75) is 46.0 Å². The predicted molar refractivity (Wildman–Crippen MR) is 82.9 cm³/mol. The van der Waals surface area contributed by atoms with Gasteiger partial charge < -0.3 is 10.4 Å². The Labute approximate surface area is 128 Å². The molecule has 2 aliphatic rings. The quantitative estimate of drug-likeness (QED) is 0.888. The molecule has 0 aromatic carbocycles. The van der Waals surface area contributed by atoms with Crippen LogP contribution in [-0.2, 0) is 4.79 Å². The summed E-state index contributed by atoms with van der Waals surface area (Å²) < 4.78 is 0. The molecule has 1 heterocycles. The molecule has 0 saturated heterocycles. The summed E-state index contributed by atoms with van der Waals surface area (Å²) in [4.78, 5) is 24.5. The van der Waals surface area contributed by atoms with Gasteiger partial charge in [0, 0.05) is 11.3 Å². The number of hydrogen-bond donors (Lipinski definition) is 2. The van der Waals surface area contributed by atoms with Crippen LogP contribution in [0.4, 0.5) is 5.00 Å². The highest BCUT2D eigenvalue weighted by atomic mass is 32.1. The van der Waals surface area contributed by atoms with Gasteiger partial charge in [0.1, 0.15) is 5.00 Å². The molecule has 3 unspecified atom stereocenters. The maximum absolute atomic E-state index is 12.2. The predicted octanol–water partition coefficient (Wildman–Crippen LogP) is 3.83. The monoisotopic (exact) mass is 307 g/mol. The highest BCUT2D eigenvalue weighted by Crippen LogP contribution is 2.49. The number of carboxylic acid groups (broad SMARTS) is 1. The van der Waals surface area contributed by atoms with Gasteiger partial charge in [0.15, 0.2) is 0 Å². The van der Waals surface area contributed by atoms with Gasteiger partial charge in [0.05, 0.1) is 5.56 Å². The number of aryl methyl sites for hydroxylation is 1. The Bertz CT molecular complexity index is 593. The number of fused-ring (bicyclic) bond motifs is 2. The van der Waals surface area contributed by atoms with Gasteiger partial charge in [-0.2, -0.15) is 0 Å². The number of amides is 1. The number of anilines is 1. The molecule has 0 spiro atoms. The third kappa shape index (κ3) is 2.71. The SMILES string of the molecule is Cc1sc(NC(=O)CC2CC3CCC2C3)c(C(=O)O)c1C. The molecule has 2 N–H and O–H groups in total. The lowest BCUT2D eigenvalue weighted by atomic mass is 9.86. The minimum absolute atomic E-state index is 0.0312. The van der Waals surface area contributed by atoms with Crippen LogP contribution in [-0.4, -0.2) is 17.0 Å². The van der Waals surface area contributed by atoms with Crippen LogP contribution in [0.1, 0.15) is 52.9 Å². The lowest BCUT2D eigenvalue weighted by Crippen LogP contribution is -2.20. The molecule has 3 atom stereocenters. The molecular formula is C16H21NO3S. The molecule has 2 fully saturated rings. The lowest BCUT2D eigenvalue weighted by Gasteiger charge is -2.20. The van der Waals surface area contributed by atoms with Crippen molar-refractivity contribution in [1.29, 1.82) is 0 Å². The first-order valence-electron chi connectivity index (χ1n) is 7.58. The second kappa shape index (κ2) is 5.44. The lowest BCUT2D eigenvalue weighted by molar-refractivity contribution is -0.117. The van der Waals surface area contributed by atoms with Crippen LogP contribution >= 0.6 is 11.3 Å². The van der Waals surface area contributed by atoms with Crippen molar-refractivity contribution in [3.8, 4) is 0 Å². The van der Waals surface area contributed by atoms with E-state index in [0.717, 1.165) is 16.4 Å². The van der Waals surface area contributed by atoms with Crippen molar-refractivity contribution in [3.05, 3.63) is 16.0 Å². The minimum atomic E-state index is -0.966. The Kier molecular flexibility index (Phi) is 3.78. The molecule has 2 bridgehead atoms. The van der Waals surface area contributed by atoms with Crippen molar-refractivity contribution in [1.82, 2.24) is 0 Å². The highest BCUT2D eigenvalue weighted by molar-refractivity contribution is 7.16. The number of rotatable bonds is 4. The fraction of sp³-hybridized carbons (Fsp3) is 0.625. The number of hydrogen-bond acceptors (Lipinski definition) is 3. The number of nitrogens with one attached hydrogen (secondary N) is 1. The summed E-state index contributed by atoms with van der Waals surface area (Å²) in [5.41, 5.74) is 1.00. The molecule has 4 nitrogen and oxygen atoms in total.